The first kappa shape index (κ1) is 12.1. The van der Waals surface area contributed by atoms with Crippen molar-refractivity contribution in [2.45, 2.75) is 19.9 Å². The summed E-state index contributed by atoms with van der Waals surface area (Å²) in [5.74, 6) is 0. The number of aromatic nitrogens is 1. The SMILES string of the molecule is CCc1ccccc1NCc1cccnc1C#N. The number of anilines is 1. The standard InChI is InChI=1S/C15H15N3/c1-2-12-6-3-4-8-14(12)18-11-13-7-5-9-17-15(13)10-16/h3-9,18H,2,11H2,1H3. The molecule has 1 aromatic heterocycles. The third-order valence-corrected chi connectivity index (χ3v) is 2.86. The summed E-state index contributed by atoms with van der Waals surface area (Å²) >= 11 is 0. The van der Waals surface area contributed by atoms with E-state index < -0.39 is 0 Å². The Balaban J connectivity index is 2.14. The summed E-state index contributed by atoms with van der Waals surface area (Å²) in [6.07, 6.45) is 2.63. The first-order valence-electron chi connectivity index (χ1n) is 6.01. The minimum Gasteiger partial charge on any atom is -0.381 e. The molecule has 0 amide bonds. The van der Waals surface area contributed by atoms with Crippen molar-refractivity contribution in [2.24, 2.45) is 0 Å². The molecule has 0 radical (unpaired) electrons. The molecule has 0 atom stereocenters. The molecule has 1 aromatic carbocycles. The lowest BCUT2D eigenvalue weighted by molar-refractivity contribution is 1.06. The molecule has 1 heterocycles. The van der Waals surface area contributed by atoms with Gasteiger partial charge in [0, 0.05) is 24.0 Å². The average Bonchev–Trinajstić information content (AvgIpc) is 2.45. The van der Waals surface area contributed by atoms with Crippen LogP contribution in [-0.2, 0) is 13.0 Å². The van der Waals surface area contributed by atoms with Crippen molar-refractivity contribution in [2.75, 3.05) is 5.32 Å². The first-order valence-corrected chi connectivity index (χ1v) is 6.01. The number of nitrogens with one attached hydrogen (secondary N) is 1. The zero-order valence-electron chi connectivity index (χ0n) is 10.4. The number of nitriles is 1. The topological polar surface area (TPSA) is 48.7 Å². The number of benzene rings is 1. The van der Waals surface area contributed by atoms with Gasteiger partial charge in [0.2, 0.25) is 0 Å². The minimum atomic E-state index is 0.485. The van der Waals surface area contributed by atoms with E-state index in [1.165, 1.54) is 5.56 Å². The number of aryl methyl sites for hydroxylation is 1. The van der Waals surface area contributed by atoms with Crippen molar-refractivity contribution < 1.29 is 0 Å². The fourth-order valence-electron chi connectivity index (χ4n) is 1.87. The fourth-order valence-corrected chi connectivity index (χ4v) is 1.87. The summed E-state index contributed by atoms with van der Waals surface area (Å²) in [5.41, 5.74) is 3.80. The maximum atomic E-state index is 8.98. The second-order valence-electron chi connectivity index (χ2n) is 3.99. The predicted molar refractivity (Wildman–Crippen MR) is 72.1 cm³/mol. The molecule has 0 saturated carbocycles. The maximum Gasteiger partial charge on any atom is 0.145 e. The Bertz CT molecular complexity index is 570. The van der Waals surface area contributed by atoms with E-state index >= 15 is 0 Å². The molecule has 0 saturated heterocycles. The second kappa shape index (κ2) is 5.83. The minimum absolute atomic E-state index is 0.485. The molecule has 0 unspecified atom stereocenters. The van der Waals surface area contributed by atoms with Crippen LogP contribution >= 0.6 is 0 Å². The molecular formula is C15H15N3. The quantitative estimate of drug-likeness (QED) is 0.888. The van der Waals surface area contributed by atoms with Gasteiger partial charge in [-0.15, -0.1) is 0 Å². The summed E-state index contributed by atoms with van der Waals surface area (Å²) in [6, 6.07) is 14.1. The molecule has 3 heteroatoms. The van der Waals surface area contributed by atoms with Crippen LogP contribution in [0.15, 0.2) is 42.6 Å². The van der Waals surface area contributed by atoms with Crippen LogP contribution in [0.25, 0.3) is 0 Å². The molecule has 0 aliphatic heterocycles. The largest absolute Gasteiger partial charge is 0.381 e. The Labute approximate surface area is 107 Å². The fraction of sp³-hybridized carbons (Fsp3) is 0.200. The van der Waals surface area contributed by atoms with E-state index in [0.29, 0.717) is 12.2 Å². The Morgan fingerprint density at radius 2 is 1.94 bits per heavy atom. The van der Waals surface area contributed by atoms with Gasteiger partial charge in [-0.3, -0.25) is 0 Å². The highest BCUT2D eigenvalue weighted by Gasteiger charge is 2.03. The normalized spacial score (nSPS) is 9.78. The lowest BCUT2D eigenvalue weighted by Crippen LogP contribution is -2.04. The third kappa shape index (κ3) is 2.67. The van der Waals surface area contributed by atoms with Crippen LogP contribution in [0.1, 0.15) is 23.7 Å². The summed E-state index contributed by atoms with van der Waals surface area (Å²) in [7, 11) is 0. The van der Waals surface area contributed by atoms with Gasteiger partial charge in [-0.1, -0.05) is 31.2 Å². The van der Waals surface area contributed by atoms with Crippen molar-refractivity contribution >= 4 is 5.69 Å². The molecule has 0 aliphatic rings. The Morgan fingerprint density at radius 3 is 2.72 bits per heavy atom. The molecule has 0 bridgehead atoms. The molecule has 0 fully saturated rings. The number of nitrogens with zero attached hydrogens (tertiary/aromatic N) is 2. The molecule has 2 aromatic rings. The maximum absolute atomic E-state index is 8.98. The molecule has 3 nitrogen and oxygen atoms in total. The van der Waals surface area contributed by atoms with Crippen LogP contribution in [0, 0.1) is 11.3 Å². The summed E-state index contributed by atoms with van der Waals surface area (Å²) in [4.78, 5) is 4.05. The van der Waals surface area contributed by atoms with E-state index in [9.17, 15) is 0 Å². The number of hydrogen-bond donors (Lipinski definition) is 1. The van der Waals surface area contributed by atoms with Crippen molar-refractivity contribution in [1.82, 2.24) is 4.98 Å². The molecule has 0 aliphatic carbocycles. The van der Waals surface area contributed by atoms with E-state index in [4.69, 9.17) is 5.26 Å². The molecule has 18 heavy (non-hydrogen) atoms. The zero-order chi connectivity index (χ0) is 12.8. The molecule has 90 valence electrons. The lowest BCUT2D eigenvalue weighted by Gasteiger charge is -2.11. The van der Waals surface area contributed by atoms with Crippen molar-refractivity contribution in [1.29, 1.82) is 5.26 Å². The monoisotopic (exact) mass is 237 g/mol. The molecular weight excluding hydrogens is 222 g/mol. The van der Waals surface area contributed by atoms with Gasteiger partial charge in [-0.25, -0.2) is 4.98 Å². The van der Waals surface area contributed by atoms with Gasteiger partial charge in [-0.05, 0) is 24.1 Å². The first-order chi connectivity index (χ1) is 8.85. The average molecular weight is 237 g/mol. The van der Waals surface area contributed by atoms with Gasteiger partial charge < -0.3 is 5.32 Å². The Kier molecular flexibility index (Phi) is 3.93. The van der Waals surface area contributed by atoms with Crippen molar-refractivity contribution in [3.63, 3.8) is 0 Å². The highest BCUT2D eigenvalue weighted by Crippen LogP contribution is 2.17. The number of pyridine rings is 1. The van der Waals surface area contributed by atoms with Gasteiger partial charge in [0.25, 0.3) is 0 Å². The highest BCUT2D eigenvalue weighted by atomic mass is 14.9. The van der Waals surface area contributed by atoms with Gasteiger partial charge >= 0.3 is 0 Å². The highest BCUT2D eigenvalue weighted by molar-refractivity contribution is 5.51. The van der Waals surface area contributed by atoms with E-state index in [1.54, 1.807) is 6.20 Å². The van der Waals surface area contributed by atoms with Crippen molar-refractivity contribution in [3.8, 4) is 6.07 Å². The smallest absolute Gasteiger partial charge is 0.145 e. The van der Waals surface area contributed by atoms with Crippen LogP contribution in [0.4, 0.5) is 5.69 Å². The van der Waals surface area contributed by atoms with Crippen LogP contribution in [0.3, 0.4) is 0 Å². The Morgan fingerprint density at radius 1 is 1.17 bits per heavy atom. The van der Waals surface area contributed by atoms with E-state index in [2.05, 4.69) is 35.4 Å². The number of para-hydroxylation sites is 1. The van der Waals surface area contributed by atoms with Gasteiger partial charge in [0.15, 0.2) is 0 Å². The lowest BCUT2D eigenvalue weighted by atomic mass is 10.1. The molecule has 1 N–H and O–H groups in total. The summed E-state index contributed by atoms with van der Waals surface area (Å²) in [5, 5.41) is 12.3. The third-order valence-electron chi connectivity index (χ3n) is 2.86. The van der Waals surface area contributed by atoms with Crippen LogP contribution in [-0.4, -0.2) is 4.98 Å². The zero-order valence-corrected chi connectivity index (χ0v) is 10.4. The van der Waals surface area contributed by atoms with E-state index in [-0.39, 0.29) is 0 Å². The van der Waals surface area contributed by atoms with E-state index in [0.717, 1.165) is 17.7 Å². The van der Waals surface area contributed by atoms with Crippen LogP contribution < -0.4 is 5.32 Å². The van der Waals surface area contributed by atoms with Gasteiger partial charge in [0.05, 0.1) is 0 Å². The predicted octanol–water partition coefficient (Wildman–Crippen LogP) is 3.13. The van der Waals surface area contributed by atoms with Gasteiger partial charge in [0.1, 0.15) is 11.8 Å². The Hall–Kier alpha value is -2.34. The summed E-state index contributed by atoms with van der Waals surface area (Å²) < 4.78 is 0. The van der Waals surface area contributed by atoms with E-state index in [1.807, 2.05) is 24.3 Å². The van der Waals surface area contributed by atoms with Crippen LogP contribution in [0.5, 0.6) is 0 Å². The number of rotatable bonds is 4. The van der Waals surface area contributed by atoms with Crippen LogP contribution in [0.2, 0.25) is 0 Å². The molecule has 0 spiro atoms. The second-order valence-corrected chi connectivity index (χ2v) is 3.99. The molecule has 2 rings (SSSR count). The number of hydrogen-bond acceptors (Lipinski definition) is 3. The van der Waals surface area contributed by atoms with Crippen molar-refractivity contribution in [3.05, 3.63) is 59.4 Å². The summed E-state index contributed by atoms with van der Waals surface area (Å²) in [6.45, 7) is 2.75. The van der Waals surface area contributed by atoms with Gasteiger partial charge in [-0.2, -0.15) is 5.26 Å².